The van der Waals surface area contributed by atoms with Gasteiger partial charge >= 0.3 is 6.09 Å². The third-order valence-electron chi connectivity index (χ3n) is 4.85. The first-order valence-corrected chi connectivity index (χ1v) is 8.76. The van der Waals surface area contributed by atoms with Crippen molar-refractivity contribution in [3.63, 3.8) is 0 Å². The molecular formula is C18H27N3O3. The SMILES string of the molecule is COc1ccc(C[C@H]2NCC[C@H]2OC(=O)NC[C@H]2CCNC2)cc1. The molecule has 0 bridgehead atoms. The predicted octanol–water partition coefficient (Wildman–Crippen LogP) is 1.30. The Labute approximate surface area is 143 Å². The standard InChI is InChI=1S/C18H27N3O3/c1-23-15-4-2-13(3-5-15)10-16-17(7-9-20-16)24-18(22)21-12-14-6-8-19-11-14/h2-5,14,16-17,19-20H,6-12H2,1H3,(H,21,22)/t14-,16+,17+/m0/s1. The van der Waals surface area contributed by atoms with E-state index >= 15 is 0 Å². The topological polar surface area (TPSA) is 71.6 Å². The molecule has 2 aliphatic heterocycles. The van der Waals surface area contributed by atoms with Gasteiger partial charge < -0.3 is 25.4 Å². The molecule has 6 heteroatoms. The van der Waals surface area contributed by atoms with Crippen molar-refractivity contribution in [1.82, 2.24) is 16.0 Å². The van der Waals surface area contributed by atoms with Crippen molar-refractivity contribution in [2.45, 2.75) is 31.4 Å². The fourth-order valence-corrected chi connectivity index (χ4v) is 3.40. The van der Waals surface area contributed by atoms with E-state index in [0.717, 1.165) is 44.6 Å². The lowest BCUT2D eigenvalue weighted by Crippen LogP contribution is -2.39. The summed E-state index contributed by atoms with van der Waals surface area (Å²) in [5.74, 6) is 1.38. The first kappa shape index (κ1) is 17.0. The maximum atomic E-state index is 12.0. The minimum atomic E-state index is -0.296. The van der Waals surface area contributed by atoms with Gasteiger partial charge in [0.05, 0.1) is 7.11 Å². The normalized spacial score (nSPS) is 26.3. The van der Waals surface area contributed by atoms with E-state index in [0.29, 0.717) is 12.5 Å². The van der Waals surface area contributed by atoms with Crippen LogP contribution < -0.4 is 20.7 Å². The van der Waals surface area contributed by atoms with Crippen molar-refractivity contribution in [2.75, 3.05) is 33.3 Å². The molecule has 0 saturated carbocycles. The van der Waals surface area contributed by atoms with Crippen LogP contribution in [-0.2, 0) is 11.2 Å². The lowest BCUT2D eigenvalue weighted by molar-refractivity contribution is 0.0891. The van der Waals surface area contributed by atoms with Gasteiger partial charge in [-0.1, -0.05) is 12.1 Å². The number of hydrogen-bond donors (Lipinski definition) is 3. The van der Waals surface area contributed by atoms with Crippen LogP contribution in [0.1, 0.15) is 18.4 Å². The second-order valence-corrected chi connectivity index (χ2v) is 6.58. The van der Waals surface area contributed by atoms with E-state index in [1.165, 1.54) is 5.56 Å². The zero-order chi connectivity index (χ0) is 16.8. The van der Waals surface area contributed by atoms with Crippen LogP contribution in [0.3, 0.4) is 0 Å². The Morgan fingerprint density at radius 3 is 2.79 bits per heavy atom. The Kier molecular flexibility index (Phi) is 5.93. The molecule has 0 spiro atoms. The van der Waals surface area contributed by atoms with Crippen molar-refractivity contribution in [1.29, 1.82) is 0 Å². The summed E-state index contributed by atoms with van der Waals surface area (Å²) < 4.78 is 10.8. The van der Waals surface area contributed by atoms with Gasteiger partial charge in [0.25, 0.3) is 0 Å². The van der Waals surface area contributed by atoms with Gasteiger partial charge in [0, 0.05) is 12.6 Å². The molecule has 0 aromatic heterocycles. The smallest absolute Gasteiger partial charge is 0.407 e. The highest BCUT2D eigenvalue weighted by Gasteiger charge is 2.30. The molecule has 1 aromatic carbocycles. The summed E-state index contributed by atoms with van der Waals surface area (Å²) in [5.41, 5.74) is 1.21. The number of methoxy groups -OCH3 is 1. The molecule has 132 valence electrons. The number of carbonyl (C=O) groups is 1. The van der Waals surface area contributed by atoms with E-state index in [9.17, 15) is 4.79 Å². The van der Waals surface area contributed by atoms with E-state index in [2.05, 4.69) is 28.1 Å². The second-order valence-electron chi connectivity index (χ2n) is 6.58. The van der Waals surface area contributed by atoms with Crippen LogP contribution in [0.4, 0.5) is 4.79 Å². The van der Waals surface area contributed by atoms with Gasteiger partial charge in [0.1, 0.15) is 11.9 Å². The Bertz CT molecular complexity index is 529. The van der Waals surface area contributed by atoms with Gasteiger partial charge in [-0.25, -0.2) is 4.79 Å². The number of benzene rings is 1. The second kappa shape index (κ2) is 8.35. The fraction of sp³-hybridized carbons (Fsp3) is 0.611. The maximum Gasteiger partial charge on any atom is 0.407 e. The summed E-state index contributed by atoms with van der Waals surface area (Å²) in [6.07, 6.45) is 2.45. The number of carbonyl (C=O) groups excluding carboxylic acids is 1. The number of ether oxygens (including phenoxy) is 2. The van der Waals surface area contributed by atoms with Crippen LogP contribution in [0, 0.1) is 5.92 Å². The zero-order valence-corrected chi connectivity index (χ0v) is 14.2. The summed E-state index contributed by atoms with van der Waals surface area (Å²) in [5, 5.41) is 9.65. The Morgan fingerprint density at radius 1 is 1.25 bits per heavy atom. The largest absolute Gasteiger partial charge is 0.497 e. The van der Waals surface area contributed by atoms with Gasteiger partial charge in [-0.2, -0.15) is 0 Å². The van der Waals surface area contributed by atoms with Crippen LogP contribution in [-0.4, -0.2) is 51.5 Å². The molecule has 2 heterocycles. The number of rotatable bonds is 6. The molecule has 0 aliphatic carbocycles. The summed E-state index contributed by atoms with van der Waals surface area (Å²) in [7, 11) is 1.66. The van der Waals surface area contributed by atoms with Crippen molar-refractivity contribution in [2.24, 2.45) is 5.92 Å². The molecule has 1 aromatic rings. The maximum absolute atomic E-state index is 12.0. The Balaban J connectivity index is 1.46. The van der Waals surface area contributed by atoms with Crippen molar-refractivity contribution >= 4 is 6.09 Å². The number of hydrogen-bond acceptors (Lipinski definition) is 5. The van der Waals surface area contributed by atoms with Crippen LogP contribution >= 0.6 is 0 Å². The highest BCUT2D eigenvalue weighted by Crippen LogP contribution is 2.19. The molecule has 6 nitrogen and oxygen atoms in total. The molecule has 3 atom stereocenters. The minimum absolute atomic E-state index is 0.0752. The summed E-state index contributed by atoms with van der Waals surface area (Å²) in [6, 6.07) is 8.20. The lowest BCUT2D eigenvalue weighted by atomic mass is 10.0. The van der Waals surface area contributed by atoms with E-state index in [-0.39, 0.29) is 18.2 Å². The van der Waals surface area contributed by atoms with Gasteiger partial charge in [0.15, 0.2) is 0 Å². The van der Waals surface area contributed by atoms with Crippen molar-refractivity contribution < 1.29 is 14.3 Å². The highest BCUT2D eigenvalue weighted by atomic mass is 16.6. The molecule has 24 heavy (non-hydrogen) atoms. The minimum Gasteiger partial charge on any atom is -0.497 e. The van der Waals surface area contributed by atoms with Gasteiger partial charge in [-0.05, 0) is 62.5 Å². The quantitative estimate of drug-likeness (QED) is 0.732. The molecule has 1 amide bonds. The average Bonchev–Trinajstić information content (AvgIpc) is 3.26. The monoisotopic (exact) mass is 333 g/mol. The molecule has 0 unspecified atom stereocenters. The number of nitrogens with one attached hydrogen (secondary N) is 3. The van der Waals surface area contributed by atoms with Gasteiger partial charge in [-0.3, -0.25) is 0 Å². The van der Waals surface area contributed by atoms with E-state index < -0.39 is 0 Å². The van der Waals surface area contributed by atoms with Crippen LogP contribution in [0.15, 0.2) is 24.3 Å². The first-order valence-electron chi connectivity index (χ1n) is 8.76. The highest BCUT2D eigenvalue weighted by molar-refractivity contribution is 5.67. The molecular weight excluding hydrogens is 306 g/mol. The van der Waals surface area contributed by atoms with Crippen molar-refractivity contribution in [3.8, 4) is 5.75 Å². The molecule has 2 aliphatic rings. The summed E-state index contributed by atoms with van der Waals surface area (Å²) in [6.45, 7) is 3.59. The third kappa shape index (κ3) is 4.61. The molecule has 3 rings (SSSR count). The Hall–Kier alpha value is -1.79. The number of alkyl carbamates (subject to hydrolysis) is 1. The van der Waals surface area contributed by atoms with E-state index in [1.54, 1.807) is 7.11 Å². The molecule has 2 fully saturated rings. The molecule has 0 radical (unpaired) electrons. The van der Waals surface area contributed by atoms with Crippen LogP contribution in [0.5, 0.6) is 5.75 Å². The first-order chi connectivity index (χ1) is 11.7. The predicted molar refractivity (Wildman–Crippen MR) is 92.4 cm³/mol. The number of amides is 1. The zero-order valence-electron chi connectivity index (χ0n) is 14.2. The molecule has 3 N–H and O–H groups in total. The van der Waals surface area contributed by atoms with Crippen LogP contribution in [0.25, 0.3) is 0 Å². The van der Waals surface area contributed by atoms with E-state index in [4.69, 9.17) is 9.47 Å². The summed E-state index contributed by atoms with van der Waals surface area (Å²) in [4.78, 5) is 12.0. The third-order valence-corrected chi connectivity index (χ3v) is 4.85. The lowest BCUT2D eigenvalue weighted by Gasteiger charge is -2.21. The van der Waals surface area contributed by atoms with Gasteiger partial charge in [-0.15, -0.1) is 0 Å². The fourth-order valence-electron chi connectivity index (χ4n) is 3.40. The Morgan fingerprint density at radius 2 is 2.08 bits per heavy atom. The average molecular weight is 333 g/mol. The van der Waals surface area contributed by atoms with Crippen molar-refractivity contribution in [3.05, 3.63) is 29.8 Å². The van der Waals surface area contributed by atoms with Gasteiger partial charge in [0.2, 0.25) is 0 Å². The van der Waals surface area contributed by atoms with Crippen LogP contribution in [0.2, 0.25) is 0 Å². The molecule has 2 saturated heterocycles. The summed E-state index contributed by atoms with van der Waals surface area (Å²) >= 11 is 0. The van der Waals surface area contributed by atoms with E-state index in [1.807, 2.05) is 12.1 Å².